The highest BCUT2D eigenvalue weighted by Gasteiger charge is 2.25. The number of hydrogen-bond acceptors (Lipinski definition) is 9. The van der Waals surface area contributed by atoms with Crippen molar-refractivity contribution in [3.05, 3.63) is 63.9 Å². The van der Waals surface area contributed by atoms with E-state index in [1.54, 1.807) is 11.3 Å². The van der Waals surface area contributed by atoms with Crippen molar-refractivity contribution >= 4 is 28.6 Å². The summed E-state index contributed by atoms with van der Waals surface area (Å²) in [7, 11) is 0. The molecule has 0 bridgehead atoms. The molecule has 8 nitrogen and oxygen atoms in total. The number of ether oxygens (including phenoxy) is 1. The third-order valence-corrected chi connectivity index (χ3v) is 7.98. The molecule has 2 saturated heterocycles. The Morgan fingerprint density at radius 3 is 2.47 bits per heavy atom. The van der Waals surface area contributed by atoms with Gasteiger partial charge in [-0.1, -0.05) is 19.1 Å². The number of aromatic nitrogens is 3. The highest BCUT2D eigenvalue weighted by molar-refractivity contribution is 7.75. The molecule has 0 atom stereocenters. The summed E-state index contributed by atoms with van der Waals surface area (Å²) in [6.45, 7) is 5.24. The third-order valence-electron chi connectivity index (χ3n) is 6.27. The monoisotopic (exact) mass is 500 g/mol. The number of nitrogens with zero attached hydrogens (tertiary/aromatic N) is 4. The van der Waals surface area contributed by atoms with Gasteiger partial charge in [-0.25, -0.2) is 15.0 Å². The molecule has 2 aliphatic heterocycles. The Kier molecular flexibility index (Phi) is 7.48. The average Bonchev–Trinajstić information content (AvgIpc) is 3.38. The van der Waals surface area contributed by atoms with Gasteiger partial charge >= 0.3 is 11.4 Å². The summed E-state index contributed by atoms with van der Waals surface area (Å²) in [5.74, 6) is 2.18. The van der Waals surface area contributed by atoms with Crippen LogP contribution in [0.5, 0.6) is 5.75 Å². The molecule has 0 N–H and O–H groups in total. The Balaban J connectivity index is 1.10. The Labute approximate surface area is 206 Å². The number of hydrogen-bond donors (Lipinski definition) is 0. The lowest BCUT2D eigenvalue weighted by atomic mass is 9.98. The Morgan fingerprint density at radius 1 is 1.09 bits per heavy atom. The molecule has 0 amide bonds. The van der Waals surface area contributed by atoms with E-state index in [4.69, 9.17) is 18.1 Å². The zero-order valence-electron chi connectivity index (χ0n) is 19.1. The molecule has 0 aliphatic carbocycles. The normalized spacial score (nSPS) is 21.5. The zero-order valence-corrected chi connectivity index (χ0v) is 20.7. The van der Waals surface area contributed by atoms with Crippen molar-refractivity contribution in [2.45, 2.75) is 44.6 Å². The lowest BCUT2D eigenvalue weighted by Crippen LogP contribution is -2.34. The van der Waals surface area contributed by atoms with Gasteiger partial charge < -0.3 is 9.64 Å². The van der Waals surface area contributed by atoms with Gasteiger partial charge in [0.2, 0.25) is 5.95 Å². The molecule has 2 aromatic heterocycles. The number of thiazole rings is 1. The molecule has 0 radical (unpaired) electrons. The van der Waals surface area contributed by atoms with Gasteiger partial charge in [0.15, 0.2) is 0 Å². The van der Waals surface area contributed by atoms with Crippen LogP contribution in [0.25, 0.3) is 0 Å². The highest BCUT2D eigenvalue weighted by atomic mass is 32.2. The van der Waals surface area contributed by atoms with Gasteiger partial charge in [0.05, 0.1) is 23.9 Å². The van der Waals surface area contributed by atoms with Crippen LogP contribution in [0.2, 0.25) is 0 Å². The van der Waals surface area contributed by atoms with Gasteiger partial charge in [0.1, 0.15) is 12.4 Å². The molecule has 34 heavy (non-hydrogen) atoms. The predicted octanol–water partition coefficient (Wildman–Crippen LogP) is 4.17. The third kappa shape index (κ3) is 5.63. The summed E-state index contributed by atoms with van der Waals surface area (Å²) < 4.78 is 27.2. The van der Waals surface area contributed by atoms with E-state index in [-0.39, 0.29) is 5.92 Å². The van der Waals surface area contributed by atoms with Crippen molar-refractivity contribution in [3.63, 3.8) is 0 Å². The minimum Gasteiger partial charge on any atom is -0.487 e. The molecule has 0 saturated carbocycles. The molecule has 180 valence electrons. The SMILES string of the molecule is CCc1cnc(N2CCC(c3nc(COc4ccc([C@H]5CO[S@@](=O)OC5)cc4)cs3)CC2)nc1. The van der Waals surface area contributed by atoms with Crippen molar-refractivity contribution in [2.24, 2.45) is 0 Å². The lowest BCUT2D eigenvalue weighted by Gasteiger charge is -2.31. The van der Waals surface area contributed by atoms with Crippen molar-refractivity contribution in [2.75, 3.05) is 31.2 Å². The minimum absolute atomic E-state index is 0.0848. The number of piperidine rings is 1. The maximum atomic E-state index is 11.1. The number of anilines is 1. The Bertz CT molecular complexity index is 1090. The van der Waals surface area contributed by atoms with Gasteiger partial charge in [-0.2, -0.15) is 4.21 Å². The molecular formula is C24H28N4O4S2. The Hall–Kier alpha value is -2.40. The van der Waals surface area contributed by atoms with Crippen LogP contribution >= 0.6 is 11.3 Å². The van der Waals surface area contributed by atoms with E-state index in [1.165, 1.54) is 10.6 Å². The largest absolute Gasteiger partial charge is 0.487 e. The number of benzene rings is 1. The fourth-order valence-electron chi connectivity index (χ4n) is 4.14. The van der Waals surface area contributed by atoms with Crippen LogP contribution in [-0.4, -0.2) is 45.5 Å². The Morgan fingerprint density at radius 2 is 1.79 bits per heavy atom. The predicted molar refractivity (Wildman–Crippen MR) is 131 cm³/mol. The first kappa shape index (κ1) is 23.3. The smallest absolute Gasteiger partial charge is 0.304 e. The quantitative estimate of drug-likeness (QED) is 0.478. The van der Waals surface area contributed by atoms with E-state index in [0.717, 1.165) is 55.3 Å². The molecule has 4 heterocycles. The fraction of sp³-hybridized carbons (Fsp3) is 0.458. The second-order valence-corrected chi connectivity index (χ2v) is 10.3. The first-order valence-corrected chi connectivity index (χ1v) is 13.5. The summed E-state index contributed by atoms with van der Waals surface area (Å²) in [6, 6.07) is 7.89. The van der Waals surface area contributed by atoms with Gasteiger partial charge in [-0.05, 0) is 42.5 Å². The first-order chi connectivity index (χ1) is 16.7. The standard InChI is InChI=1S/C24H28N4O4S2/c1-2-17-11-25-24(26-12-17)28-9-7-19(8-10-28)23-27-21(16-33-23)15-30-22-5-3-18(4-6-22)20-13-31-34(29)32-14-20/h3-6,11-12,16,19-20H,2,7-10,13-15H2,1H3/t20-,34+. The summed E-state index contributed by atoms with van der Waals surface area (Å²) in [5, 5.41) is 3.28. The molecule has 10 heteroatoms. The van der Waals surface area contributed by atoms with Crippen LogP contribution in [0, 0.1) is 0 Å². The van der Waals surface area contributed by atoms with E-state index in [1.807, 2.05) is 36.7 Å². The van der Waals surface area contributed by atoms with Gasteiger partial charge in [0, 0.05) is 42.7 Å². The average molecular weight is 501 g/mol. The zero-order chi connectivity index (χ0) is 23.3. The van der Waals surface area contributed by atoms with Crippen LogP contribution in [0.4, 0.5) is 5.95 Å². The molecule has 2 fully saturated rings. The van der Waals surface area contributed by atoms with Gasteiger partial charge in [0.25, 0.3) is 0 Å². The topological polar surface area (TPSA) is 86.7 Å². The maximum Gasteiger partial charge on any atom is 0.304 e. The molecule has 1 aromatic carbocycles. The van der Waals surface area contributed by atoms with Crippen LogP contribution in [0.3, 0.4) is 0 Å². The number of aryl methyl sites for hydroxylation is 1. The summed E-state index contributed by atoms with van der Waals surface area (Å²) >= 11 is 0.107. The second-order valence-electron chi connectivity index (χ2n) is 8.51. The first-order valence-electron chi connectivity index (χ1n) is 11.6. The van der Waals surface area contributed by atoms with Crippen molar-refractivity contribution in [1.82, 2.24) is 15.0 Å². The van der Waals surface area contributed by atoms with E-state index in [0.29, 0.717) is 25.7 Å². The minimum atomic E-state index is -1.61. The van der Waals surface area contributed by atoms with Gasteiger partial charge in [-0.15, -0.1) is 11.3 Å². The molecule has 0 spiro atoms. The highest BCUT2D eigenvalue weighted by Crippen LogP contribution is 2.32. The maximum absolute atomic E-state index is 11.1. The van der Waals surface area contributed by atoms with E-state index >= 15 is 0 Å². The molecule has 0 unspecified atom stereocenters. The second kappa shape index (κ2) is 10.9. The number of rotatable bonds is 7. The molecule has 2 aliphatic rings. The van der Waals surface area contributed by atoms with Crippen LogP contribution in [0.15, 0.2) is 42.0 Å². The van der Waals surface area contributed by atoms with E-state index in [9.17, 15) is 4.21 Å². The van der Waals surface area contributed by atoms with Crippen LogP contribution in [-0.2, 0) is 32.8 Å². The van der Waals surface area contributed by atoms with E-state index in [2.05, 4.69) is 27.2 Å². The summed E-state index contributed by atoms with van der Waals surface area (Å²) in [5.41, 5.74) is 3.21. The summed E-state index contributed by atoms with van der Waals surface area (Å²) in [6.07, 6.45) is 6.92. The van der Waals surface area contributed by atoms with Crippen molar-refractivity contribution < 1.29 is 17.3 Å². The summed E-state index contributed by atoms with van der Waals surface area (Å²) in [4.78, 5) is 16.2. The molecule has 5 rings (SSSR count). The molecule has 3 aromatic rings. The molecular weight excluding hydrogens is 472 g/mol. The lowest BCUT2D eigenvalue weighted by molar-refractivity contribution is 0.160. The fourth-order valence-corrected chi connectivity index (χ4v) is 5.73. The van der Waals surface area contributed by atoms with Crippen molar-refractivity contribution in [3.8, 4) is 5.75 Å². The van der Waals surface area contributed by atoms with Crippen molar-refractivity contribution in [1.29, 1.82) is 0 Å². The van der Waals surface area contributed by atoms with Gasteiger partial charge in [-0.3, -0.25) is 8.37 Å². The van der Waals surface area contributed by atoms with Crippen LogP contribution < -0.4 is 9.64 Å². The van der Waals surface area contributed by atoms with E-state index < -0.39 is 11.4 Å². The van der Waals surface area contributed by atoms with Crippen LogP contribution in [0.1, 0.15) is 53.4 Å².